The number of rotatable bonds is 4. The van der Waals surface area contributed by atoms with Crippen LogP contribution in [0.2, 0.25) is 0 Å². The van der Waals surface area contributed by atoms with Crippen molar-refractivity contribution in [1.82, 2.24) is 15.8 Å². The van der Waals surface area contributed by atoms with Crippen molar-refractivity contribution >= 4 is 11.8 Å². The summed E-state index contributed by atoms with van der Waals surface area (Å²) in [7, 11) is 5.43. The van der Waals surface area contributed by atoms with Crippen LogP contribution in [0, 0.1) is 17.2 Å². The SMILES string of the molecule is COc1ccc2c3c1O[C@@H]1[C@@]4(OC)C=C[C@@]5(C[C@H]4C(=O)NNC(=O)c4ccc(F)cc4)[C@@H](C2)N(C)CC[C@]315. The highest BCUT2D eigenvalue weighted by Crippen LogP contribution is 2.74. The maximum atomic E-state index is 13.8. The molecule has 2 aliphatic heterocycles. The van der Waals surface area contributed by atoms with Crippen molar-refractivity contribution in [2.45, 2.75) is 42.4 Å². The number of likely N-dealkylation sites (tertiary alicyclic amines) is 1. The van der Waals surface area contributed by atoms with E-state index in [-0.39, 0.29) is 28.3 Å². The second kappa shape index (κ2) is 7.80. The fourth-order valence-corrected chi connectivity index (χ4v) is 8.38. The molecule has 2 amide bonds. The molecule has 6 atom stereocenters. The molecule has 9 heteroatoms. The molecular weight excluding hydrogens is 489 g/mol. The first-order chi connectivity index (χ1) is 18.3. The van der Waals surface area contributed by atoms with E-state index in [4.69, 9.17) is 14.2 Å². The summed E-state index contributed by atoms with van der Waals surface area (Å²) in [5.41, 5.74) is 6.11. The fourth-order valence-electron chi connectivity index (χ4n) is 8.38. The number of benzene rings is 2. The Bertz CT molecular complexity index is 1400. The fraction of sp³-hybridized carbons (Fsp3) is 0.448. The molecule has 8 nitrogen and oxygen atoms in total. The summed E-state index contributed by atoms with van der Waals surface area (Å²) in [6.07, 6.45) is 6.17. The molecule has 4 aliphatic carbocycles. The zero-order valence-electron chi connectivity index (χ0n) is 21.5. The Kier molecular flexibility index (Phi) is 4.86. The average molecular weight is 520 g/mol. The molecule has 1 saturated carbocycles. The lowest BCUT2D eigenvalue weighted by molar-refractivity contribution is -0.214. The maximum Gasteiger partial charge on any atom is 0.269 e. The van der Waals surface area contributed by atoms with Gasteiger partial charge in [0.05, 0.1) is 18.4 Å². The van der Waals surface area contributed by atoms with E-state index in [0.29, 0.717) is 12.2 Å². The molecule has 6 aliphatic rings. The molecule has 8 rings (SSSR count). The third kappa shape index (κ3) is 2.66. The lowest BCUT2D eigenvalue weighted by Crippen LogP contribution is -2.80. The van der Waals surface area contributed by atoms with E-state index < -0.39 is 29.3 Å². The van der Waals surface area contributed by atoms with Crippen LogP contribution in [0.15, 0.2) is 48.6 Å². The van der Waals surface area contributed by atoms with E-state index in [1.54, 1.807) is 14.2 Å². The number of carbonyl (C=O) groups excluding carboxylic acids is 2. The van der Waals surface area contributed by atoms with Gasteiger partial charge in [-0.1, -0.05) is 18.2 Å². The van der Waals surface area contributed by atoms with Crippen molar-refractivity contribution in [3.63, 3.8) is 0 Å². The number of nitrogens with one attached hydrogen (secondary N) is 2. The number of likely N-dealkylation sites (N-methyl/N-ethyl adjacent to an activating group) is 1. The van der Waals surface area contributed by atoms with E-state index >= 15 is 0 Å². The zero-order chi connectivity index (χ0) is 26.4. The molecule has 2 aromatic rings. The van der Waals surface area contributed by atoms with Crippen molar-refractivity contribution in [1.29, 1.82) is 0 Å². The first-order valence-corrected chi connectivity index (χ1v) is 13.0. The number of piperidine rings is 1. The van der Waals surface area contributed by atoms with Crippen LogP contribution >= 0.6 is 0 Å². The highest BCUT2D eigenvalue weighted by Gasteiger charge is 2.79. The summed E-state index contributed by atoms with van der Waals surface area (Å²) in [5.74, 6) is -0.467. The summed E-state index contributed by atoms with van der Waals surface area (Å²) in [6.45, 7) is 0.917. The number of nitrogens with zero attached hydrogens (tertiary/aromatic N) is 1. The average Bonchev–Trinajstić information content (AvgIpc) is 3.31. The largest absolute Gasteiger partial charge is 0.493 e. The summed E-state index contributed by atoms with van der Waals surface area (Å²) in [4.78, 5) is 28.9. The third-order valence-electron chi connectivity index (χ3n) is 10.00. The van der Waals surface area contributed by atoms with Gasteiger partial charge in [-0.05, 0) is 68.8 Å². The van der Waals surface area contributed by atoms with Crippen LogP contribution in [0.3, 0.4) is 0 Å². The predicted octanol–water partition coefficient (Wildman–Crippen LogP) is 2.52. The molecule has 2 aromatic carbocycles. The molecule has 198 valence electrons. The van der Waals surface area contributed by atoms with Crippen LogP contribution in [0.1, 0.15) is 34.3 Å². The van der Waals surface area contributed by atoms with Gasteiger partial charge in [-0.25, -0.2) is 4.39 Å². The Labute approximate surface area is 220 Å². The predicted molar refractivity (Wildman–Crippen MR) is 135 cm³/mol. The topological polar surface area (TPSA) is 89.1 Å². The van der Waals surface area contributed by atoms with Crippen molar-refractivity contribution in [2.75, 3.05) is 27.8 Å². The number of hydrazine groups is 1. The molecule has 2 N–H and O–H groups in total. The van der Waals surface area contributed by atoms with Gasteiger partial charge in [0.15, 0.2) is 11.5 Å². The Morgan fingerprint density at radius 1 is 1.11 bits per heavy atom. The van der Waals surface area contributed by atoms with Crippen molar-refractivity contribution in [3.8, 4) is 11.5 Å². The number of ether oxygens (including phenoxy) is 3. The van der Waals surface area contributed by atoms with E-state index in [2.05, 4.69) is 34.9 Å². The molecule has 38 heavy (non-hydrogen) atoms. The molecular formula is C29H30FN3O5. The van der Waals surface area contributed by atoms with E-state index in [1.165, 1.54) is 35.4 Å². The number of carbonyl (C=O) groups is 2. The number of hydrogen-bond donors (Lipinski definition) is 2. The maximum absolute atomic E-state index is 13.8. The number of halogens is 1. The Balaban J connectivity index is 1.29. The molecule has 2 heterocycles. The summed E-state index contributed by atoms with van der Waals surface area (Å²) in [6, 6.07) is 9.46. The first-order valence-electron chi connectivity index (χ1n) is 13.0. The van der Waals surface area contributed by atoms with Crippen LogP contribution in [0.5, 0.6) is 11.5 Å². The smallest absolute Gasteiger partial charge is 0.269 e. The monoisotopic (exact) mass is 519 g/mol. The van der Waals surface area contributed by atoms with Crippen LogP contribution in [0.4, 0.5) is 4.39 Å². The number of hydrogen-bond acceptors (Lipinski definition) is 6. The summed E-state index contributed by atoms with van der Waals surface area (Å²) >= 11 is 0. The minimum atomic E-state index is -1.04. The highest BCUT2D eigenvalue weighted by molar-refractivity contribution is 5.95. The Hall–Kier alpha value is -3.43. The van der Waals surface area contributed by atoms with Crippen molar-refractivity contribution < 1.29 is 28.2 Å². The summed E-state index contributed by atoms with van der Waals surface area (Å²) in [5, 5.41) is 0. The van der Waals surface area contributed by atoms with Crippen LogP contribution in [-0.2, 0) is 21.4 Å². The molecule has 2 spiro atoms. The van der Waals surface area contributed by atoms with E-state index in [9.17, 15) is 14.0 Å². The number of fused-ring (bicyclic) bond motifs is 1. The van der Waals surface area contributed by atoms with Gasteiger partial charge in [-0.3, -0.25) is 20.4 Å². The van der Waals surface area contributed by atoms with Crippen molar-refractivity contribution in [3.05, 3.63) is 71.1 Å². The van der Waals surface area contributed by atoms with Crippen LogP contribution < -0.4 is 20.3 Å². The van der Waals surface area contributed by atoms with Gasteiger partial charge in [0, 0.05) is 29.7 Å². The molecule has 0 aromatic heterocycles. The van der Waals surface area contributed by atoms with Gasteiger partial charge in [-0.15, -0.1) is 0 Å². The molecule has 0 radical (unpaired) electrons. The standard InChI is InChI=1S/C29H30FN3O5/c1-33-13-12-28-22-17-6-9-20(36-2)23(22)38-26(28)29(37-3)11-10-27(28,21(33)14-17)15-19(29)25(35)32-31-24(34)16-4-7-18(30)8-5-16/h4-11,19,21,26H,12-15H2,1-3H3,(H,31,34)(H,32,35)/t19-,21+,26-,27+,28-,29+/m0/s1. The molecule has 1 saturated heterocycles. The minimum Gasteiger partial charge on any atom is -0.493 e. The van der Waals surface area contributed by atoms with Gasteiger partial charge in [0.25, 0.3) is 5.91 Å². The van der Waals surface area contributed by atoms with Crippen LogP contribution in [-0.4, -0.2) is 62.3 Å². The van der Waals surface area contributed by atoms with Gasteiger partial charge in [-0.2, -0.15) is 0 Å². The van der Waals surface area contributed by atoms with E-state index in [0.717, 1.165) is 25.1 Å². The lowest BCUT2D eigenvalue weighted by atomic mass is 9.37. The molecule has 2 fully saturated rings. The first kappa shape index (κ1) is 23.7. The van der Waals surface area contributed by atoms with Gasteiger partial charge in [0.2, 0.25) is 5.91 Å². The normalized spacial score (nSPS) is 35.3. The second-order valence-corrected chi connectivity index (χ2v) is 11.2. The van der Waals surface area contributed by atoms with Gasteiger partial charge < -0.3 is 19.1 Å². The van der Waals surface area contributed by atoms with Gasteiger partial charge in [0.1, 0.15) is 17.5 Å². The lowest BCUT2D eigenvalue weighted by Gasteiger charge is -2.70. The Morgan fingerprint density at radius 3 is 2.63 bits per heavy atom. The third-order valence-corrected chi connectivity index (χ3v) is 10.00. The molecule has 0 unspecified atom stereocenters. The summed E-state index contributed by atoms with van der Waals surface area (Å²) < 4.78 is 32.1. The van der Waals surface area contributed by atoms with E-state index in [1.807, 2.05) is 12.1 Å². The zero-order valence-corrected chi connectivity index (χ0v) is 21.5. The quantitative estimate of drug-likeness (QED) is 0.477. The van der Waals surface area contributed by atoms with Crippen LogP contribution in [0.25, 0.3) is 0 Å². The van der Waals surface area contributed by atoms with Gasteiger partial charge >= 0.3 is 0 Å². The second-order valence-electron chi connectivity index (χ2n) is 11.2. The number of amides is 2. The minimum absolute atomic E-state index is 0.185. The highest BCUT2D eigenvalue weighted by atomic mass is 19.1. The Morgan fingerprint density at radius 2 is 1.89 bits per heavy atom. The number of methoxy groups -OCH3 is 2. The van der Waals surface area contributed by atoms with Crippen molar-refractivity contribution in [2.24, 2.45) is 11.3 Å². The molecule has 4 bridgehead atoms.